The van der Waals surface area contributed by atoms with E-state index < -0.39 is 23.5 Å². The van der Waals surface area contributed by atoms with E-state index in [1.807, 2.05) is 6.55 Å². The molecule has 1 fully saturated rings. The van der Waals surface area contributed by atoms with Gasteiger partial charge in [0.15, 0.2) is 0 Å². The van der Waals surface area contributed by atoms with Crippen LogP contribution < -0.4 is 0 Å². The molecule has 5 unspecified atom stereocenters. The third kappa shape index (κ3) is 8.59. The van der Waals surface area contributed by atoms with Gasteiger partial charge >= 0.3 is 17.4 Å². The van der Waals surface area contributed by atoms with Crippen LogP contribution in [0.25, 0.3) is 0 Å². The first-order valence-corrected chi connectivity index (χ1v) is 14.4. The zero-order chi connectivity index (χ0) is 20.5. The largest absolute Gasteiger partial charge is 0.491 e. The van der Waals surface area contributed by atoms with Crippen LogP contribution in [0.1, 0.15) is 39.5 Å². The Labute approximate surface area is 166 Å². The van der Waals surface area contributed by atoms with Crippen molar-refractivity contribution in [3.8, 4) is 0 Å². The molecule has 0 bridgehead atoms. The van der Waals surface area contributed by atoms with E-state index in [0.717, 1.165) is 31.7 Å². The molecule has 0 aromatic heterocycles. The molecule has 0 spiro atoms. The van der Waals surface area contributed by atoms with Crippen LogP contribution in [0.2, 0.25) is 18.6 Å². The van der Waals surface area contributed by atoms with Crippen molar-refractivity contribution >= 4 is 17.4 Å². The minimum atomic E-state index is -2.84. The summed E-state index contributed by atoms with van der Waals surface area (Å²) in [5.41, 5.74) is 0. The van der Waals surface area contributed by atoms with Gasteiger partial charge in [0, 0.05) is 40.0 Å². The number of aliphatic hydroxyl groups excluding tert-OH is 2. The maximum absolute atomic E-state index is 9.93. The van der Waals surface area contributed by atoms with E-state index >= 15 is 0 Å². The summed E-state index contributed by atoms with van der Waals surface area (Å²) in [6.07, 6.45) is 3.25. The van der Waals surface area contributed by atoms with Crippen molar-refractivity contribution in [1.29, 1.82) is 0 Å². The lowest BCUT2D eigenvalue weighted by molar-refractivity contribution is 0.0482. The van der Waals surface area contributed by atoms with Crippen molar-refractivity contribution in [1.82, 2.24) is 0 Å². The lowest BCUT2D eigenvalue weighted by atomic mass is 9.79. The predicted octanol–water partition coefficient (Wildman–Crippen LogP) is 2.54. The fourth-order valence-electron chi connectivity index (χ4n) is 3.59. The average Bonchev–Trinajstić information content (AvgIpc) is 2.65. The molecule has 0 amide bonds. The molecule has 7 nitrogen and oxygen atoms in total. The summed E-state index contributed by atoms with van der Waals surface area (Å²) in [6.45, 7) is 6.58. The van der Waals surface area contributed by atoms with E-state index in [1.165, 1.54) is 0 Å². The Kier molecular flexibility index (Phi) is 11.2. The van der Waals surface area contributed by atoms with E-state index in [0.29, 0.717) is 31.1 Å². The maximum atomic E-state index is 9.93. The number of rotatable bonds is 13. The lowest BCUT2D eigenvalue weighted by Gasteiger charge is -2.37. The summed E-state index contributed by atoms with van der Waals surface area (Å²) in [4.78, 5) is 0. The molecule has 1 aliphatic rings. The molecule has 162 valence electrons. The topological polar surface area (TPSA) is 86.6 Å². The molecule has 9 heteroatoms. The normalized spacial score (nSPS) is 27.3. The van der Waals surface area contributed by atoms with E-state index in [2.05, 4.69) is 6.92 Å². The quantitative estimate of drug-likeness (QED) is 0.347. The van der Waals surface area contributed by atoms with Crippen LogP contribution in [0.4, 0.5) is 0 Å². The van der Waals surface area contributed by atoms with E-state index in [-0.39, 0.29) is 6.10 Å². The summed E-state index contributed by atoms with van der Waals surface area (Å²) in [5, 5.41) is 19.2. The second kappa shape index (κ2) is 12.0. The van der Waals surface area contributed by atoms with Crippen LogP contribution in [0.3, 0.4) is 0 Å². The van der Waals surface area contributed by atoms with Crippen LogP contribution >= 0.6 is 0 Å². The molecule has 0 aliphatic heterocycles. The summed E-state index contributed by atoms with van der Waals surface area (Å²) >= 11 is 0. The van der Waals surface area contributed by atoms with Crippen molar-refractivity contribution in [2.45, 2.75) is 70.4 Å². The summed E-state index contributed by atoms with van der Waals surface area (Å²) in [5.74, 6) is 0.907. The SMILES string of the molecule is CO[Si](C)(CCOCC(C)O)O[Si](CCC1CCC(O)C(C)C1)(OC)OC. The molecule has 5 atom stereocenters. The first kappa shape index (κ1) is 25.2. The molecular formula is C18H40O7Si2. The smallest absolute Gasteiger partial charge is 0.398 e. The first-order chi connectivity index (χ1) is 12.7. The molecule has 0 radical (unpaired) electrons. The van der Waals surface area contributed by atoms with Crippen LogP contribution in [0, 0.1) is 11.8 Å². The minimum absolute atomic E-state index is 0.171. The molecule has 1 saturated carbocycles. The fourth-order valence-corrected chi connectivity index (χ4v) is 10.1. The van der Waals surface area contributed by atoms with E-state index in [4.69, 9.17) is 22.1 Å². The Morgan fingerprint density at radius 2 is 1.74 bits per heavy atom. The van der Waals surface area contributed by atoms with Crippen molar-refractivity contribution < 1.29 is 32.3 Å². The second-order valence-electron chi connectivity index (χ2n) is 7.97. The first-order valence-electron chi connectivity index (χ1n) is 9.98. The van der Waals surface area contributed by atoms with Gasteiger partial charge in [0.1, 0.15) is 0 Å². The molecule has 2 N–H and O–H groups in total. The molecular weight excluding hydrogens is 384 g/mol. The molecule has 0 aromatic carbocycles. The number of hydrogen-bond donors (Lipinski definition) is 2. The van der Waals surface area contributed by atoms with Crippen molar-refractivity contribution in [3.05, 3.63) is 0 Å². The van der Waals surface area contributed by atoms with Crippen molar-refractivity contribution in [2.24, 2.45) is 11.8 Å². The van der Waals surface area contributed by atoms with Gasteiger partial charge in [0.2, 0.25) is 0 Å². The highest BCUT2D eigenvalue weighted by atomic mass is 28.5. The number of hydrogen-bond acceptors (Lipinski definition) is 7. The van der Waals surface area contributed by atoms with Crippen molar-refractivity contribution in [3.63, 3.8) is 0 Å². The average molecular weight is 425 g/mol. The van der Waals surface area contributed by atoms with Gasteiger partial charge in [-0.2, -0.15) is 0 Å². The Bertz CT molecular complexity index is 409. The number of aliphatic hydroxyl groups is 2. The summed E-state index contributed by atoms with van der Waals surface area (Å²) in [7, 11) is -0.392. The van der Waals surface area contributed by atoms with Crippen LogP contribution in [0.15, 0.2) is 0 Å². The van der Waals surface area contributed by atoms with Crippen molar-refractivity contribution in [2.75, 3.05) is 34.5 Å². The van der Waals surface area contributed by atoms with Gasteiger partial charge in [-0.1, -0.05) is 6.92 Å². The summed E-state index contributed by atoms with van der Waals surface area (Å²) in [6, 6.07) is 1.39. The van der Waals surface area contributed by atoms with Gasteiger partial charge in [0.25, 0.3) is 0 Å². The van der Waals surface area contributed by atoms with Crippen LogP contribution in [-0.4, -0.2) is 74.3 Å². The molecule has 0 heterocycles. The predicted molar refractivity (Wildman–Crippen MR) is 109 cm³/mol. The van der Waals surface area contributed by atoms with Gasteiger partial charge in [-0.25, -0.2) is 0 Å². The third-order valence-electron chi connectivity index (χ3n) is 5.58. The minimum Gasteiger partial charge on any atom is -0.398 e. The zero-order valence-electron chi connectivity index (χ0n) is 17.9. The second-order valence-corrected chi connectivity index (χ2v) is 14.6. The Balaban J connectivity index is 2.62. The zero-order valence-corrected chi connectivity index (χ0v) is 19.9. The highest BCUT2D eigenvalue weighted by molar-refractivity contribution is 6.77. The van der Waals surface area contributed by atoms with Gasteiger partial charge in [-0.15, -0.1) is 0 Å². The molecule has 1 aliphatic carbocycles. The third-order valence-corrected chi connectivity index (χ3v) is 12.7. The van der Waals surface area contributed by atoms with E-state index in [1.54, 1.807) is 28.3 Å². The lowest BCUT2D eigenvalue weighted by Crippen LogP contribution is -2.55. The Morgan fingerprint density at radius 3 is 2.26 bits per heavy atom. The molecule has 27 heavy (non-hydrogen) atoms. The standard InChI is InChI=1S/C18H40O7Si2/c1-15-13-17(7-8-18(15)20)9-11-27(22-4,23-5)25-26(6,21-3)12-10-24-14-16(2)19/h15-20H,7-14H2,1-6H3. The highest BCUT2D eigenvalue weighted by Gasteiger charge is 2.47. The van der Waals surface area contributed by atoms with Gasteiger partial charge in [-0.3, -0.25) is 0 Å². The maximum Gasteiger partial charge on any atom is 0.491 e. The molecule has 1 rings (SSSR count). The Morgan fingerprint density at radius 1 is 1.07 bits per heavy atom. The van der Waals surface area contributed by atoms with Crippen LogP contribution in [-0.2, 0) is 22.1 Å². The molecule has 0 saturated heterocycles. The van der Waals surface area contributed by atoms with Gasteiger partial charge in [0.05, 0.1) is 18.8 Å². The number of ether oxygens (including phenoxy) is 1. The fraction of sp³-hybridized carbons (Fsp3) is 1.00. The Hall–Kier alpha value is 0.154. The monoisotopic (exact) mass is 424 g/mol. The highest BCUT2D eigenvalue weighted by Crippen LogP contribution is 2.34. The summed E-state index contributed by atoms with van der Waals surface area (Å²) < 4.78 is 29.2. The van der Waals surface area contributed by atoms with E-state index in [9.17, 15) is 10.2 Å². The van der Waals surface area contributed by atoms with Gasteiger partial charge in [-0.05, 0) is 51.0 Å². The van der Waals surface area contributed by atoms with Gasteiger partial charge < -0.3 is 32.3 Å². The molecule has 0 aromatic rings. The van der Waals surface area contributed by atoms with Crippen LogP contribution in [0.5, 0.6) is 0 Å².